The van der Waals surface area contributed by atoms with Crippen molar-refractivity contribution in [2.75, 3.05) is 6.61 Å². The van der Waals surface area contributed by atoms with Gasteiger partial charge in [-0.25, -0.2) is 0 Å². The standard InChI is InChI=1S/C9H9ClO/c10-8-3-1-7(2-4-8)5-9-6-11-9/h1-4,9H,5-6H2. The first-order valence-electron chi connectivity index (χ1n) is 3.70. The van der Waals surface area contributed by atoms with E-state index in [9.17, 15) is 0 Å². The van der Waals surface area contributed by atoms with Gasteiger partial charge in [-0.1, -0.05) is 23.7 Å². The third-order valence-electron chi connectivity index (χ3n) is 1.78. The lowest BCUT2D eigenvalue weighted by atomic mass is 10.1. The molecule has 0 aliphatic carbocycles. The smallest absolute Gasteiger partial charge is 0.0850 e. The van der Waals surface area contributed by atoms with Gasteiger partial charge < -0.3 is 4.74 Å². The number of ether oxygens (including phenoxy) is 1. The first-order chi connectivity index (χ1) is 5.34. The van der Waals surface area contributed by atoms with Crippen LogP contribution in [0.5, 0.6) is 0 Å². The van der Waals surface area contributed by atoms with Gasteiger partial charge >= 0.3 is 0 Å². The van der Waals surface area contributed by atoms with Gasteiger partial charge in [-0.2, -0.15) is 0 Å². The third-order valence-corrected chi connectivity index (χ3v) is 2.03. The fourth-order valence-electron chi connectivity index (χ4n) is 1.07. The lowest BCUT2D eigenvalue weighted by molar-refractivity contribution is 0.407. The molecule has 1 nitrogen and oxygen atoms in total. The van der Waals surface area contributed by atoms with Gasteiger partial charge in [0.2, 0.25) is 0 Å². The van der Waals surface area contributed by atoms with Crippen molar-refractivity contribution in [1.29, 1.82) is 0 Å². The molecule has 0 saturated carbocycles. The number of hydrogen-bond donors (Lipinski definition) is 0. The van der Waals surface area contributed by atoms with E-state index in [2.05, 4.69) is 0 Å². The van der Waals surface area contributed by atoms with Crippen LogP contribution in [0.2, 0.25) is 5.02 Å². The zero-order valence-corrected chi connectivity index (χ0v) is 6.84. The van der Waals surface area contributed by atoms with Crippen molar-refractivity contribution in [3.05, 3.63) is 34.9 Å². The summed E-state index contributed by atoms with van der Waals surface area (Å²) in [5, 5.41) is 0.797. The molecule has 2 rings (SSSR count). The molecule has 2 heteroatoms. The lowest BCUT2D eigenvalue weighted by Gasteiger charge is -1.96. The molecule has 1 heterocycles. The maximum Gasteiger partial charge on any atom is 0.0850 e. The predicted octanol–water partition coefficient (Wildman–Crippen LogP) is 2.28. The zero-order valence-electron chi connectivity index (χ0n) is 6.09. The molecule has 0 aromatic heterocycles. The third kappa shape index (κ3) is 1.95. The SMILES string of the molecule is Clc1ccc(CC2CO2)cc1. The molecule has 1 aromatic rings. The minimum Gasteiger partial charge on any atom is -0.373 e. The maximum atomic E-state index is 5.73. The molecule has 0 bridgehead atoms. The molecule has 11 heavy (non-hydrogen) atoms. The van der Waals surface area contributed by atoms with Crippen molar-refractivity contribution < 1.29 is 4.74 Å². The van der Waals surface area contributed by atoms with Gasteiger partial charge in [-0.15, -0.1) is 0 Å². The Morgan fingerprint density at radius 1 is 1.36 bits per heavy atom. The van der Waals surface area contributed by atoms with E-state index in [0.717, 1.165) is 18.1 Å². The Morgan fingerprint density at radius 2 is 2.00 bits per heavy atom. The maximum absolute atomic E-state index is 5.73. The summed E-state index contributed by atoms with van der Waals surface area (Å²) in [4.78, 5) is 0. The van der Waals surface area contributed by atoms with Gasteiger partial charge in [0.1, 0.15) is 0 Å². The summed E-state index contributed by atoms with van der Waals surface area (Å²) in [6.45, 7) is 0.919. The number of rotatable bonds is 2. The van der Waals surface area contributed by atoms with Crippen LogP contribution in [0.3, 0.4) is 0 Å². The Labute approximate surface area is 70.9 Å². The van der Waals surface area contributed by atoms with Crippen LogP contribution in [-0.2, 0) is 11.2 Å². The van der Waals surface area contributed by atoms with E-state index in [0.29, 0.717) is 6.10 Å². The van der Waals surface area contributed by atoms with E-state index < -0.39 is 0 Å². The van der Waals surface area contributed by atoms with E-state index in [1.165, 1.54) is 5.56 Å². The molecule has 1 saturated heterocycles. The summed E-state index contributed by atoms with van der Waals surface area (Å²) in [5.74, 6) is 0. The molecule has 1 aliphatic heterocycles. The van der Waals surface area contributed by atoms with Gasteiger partial charge in [-0.05, 0) is 17.7 Å². The molecule has 0 radical (unpaired) electrons. The number of hydrogen-bond acceptors (Lipinski definition) is 1. The highest BCUT2D eigenvalue weighted by molar-refractivity contribution is 6.30. The fraction of sp³-hybridized carbons (Fsp3) is 0.333. The zero-order chi connectivity index (χ0) is 7.68. The second kappa shape index (κ2) is 2.84. The summed E-state index contributed by atoms with van der Waals surface area (Å²) in [6, 6.07) is 7.92. The molecular weight excluding hydrogens is 160 g/mol. The quantitative estimate of drug-likeness (QED) is 0.618. The van der Waals surface area contributed by atoms with Crippen LogP contribution < -0.4 is 0 Å². The van der Waals surface area contributed by atoms with E-state index >= 15 is 0 Å². The monoisotopic (exact) mass is 168 g/mol. The van der Waals surface area contributed by atoms with Crippen molar-refractivity contribution in [1.82, 2.24) is 0 Å². The lowest BCUT2D eigenvalue weighted by Crippen LogP contribution is -1.91. The summed E-state index contributed by atoms with van der Waals surface area (Å²) >= 11 is 5.73. The predicted molar refractivity (Wildman–Crippen MR) is 44.9 cm³/mol. The summed E-state index contributed by atoms with van der Waals surface area (Å²) in [7, 11) is 0. The van der Waals surface area contributed by atoms with Crippen LogP contribution in [0.4, 0.5) is 0 Å². The minimum atomic E-state index is 0.469. The van der Waals surface area contributed by atoms with Gasteiger partial charge in [-0.3, -0.25) is 0 Å². The summed E-state index contributed by atoms with van der Waals surface area (Å²) in [6.07, 6.45) is 1.49. The van der Waals surface area contributed by atoms with Crippen molar-refractivity contribution in [3.63, 3.8) is 0 Å². The Hall–Kier alpha value is -0.530. The number of halogens is 1. The first-order valence-corrected chi connectivity index (χ1v) is 4.08. The van der Waals surface area contributed by atoms with E-state index in [1.54, 1.807) is 0 Å². The summed E-state index contributed by atoms with van der Waals surface area (Å²) < 4.78 is 5.11. The molecule has 1 aromatic carbocycles. The summed E-state index contributed by atoms with van der Waals surface area (Å²) in [5.41, 5.74) is 1.30. The molecule has 1 aliphatic rings. The first kappa shape index (κ1) is 7.14. The van der Waals surface area contributed by atoms with Crippen LogP contribution in [0.15, 0.2) is 24.3 Å². The molecule has 58 valence electrons. The van der Waals surface area contributed by atoms with E-state index in [-0.39, 0.29) is 0 Å². The Balaban J connectivity index is 2.06. The molecule has 0 amide bonds. The average molecular weight is 169 g/mol. The molecular formula is C9H9ClO. The Bertz CT molecular complexity index is 238. The molecule has 1 atom stereocenters. The van der Waals surface area contributed by atoms with Gasteiger partial charge in [0, 0.05) is 11.4 Å². The fourth-order valence-corrected chi connectivity index (χ4v) is 1.20. The molecule has 0 spiro atoms. The Kier molecular flexibility index (Phi) is 1.84. The highest BCUT2D eigenvalue weighted by Gasteiger charge is 2.22. The number of epoxide rings is 1. The van der Waals surface area contributed by atoms with Gasteiger partial charge in [0.05, 0.1) is 12.7 Å². The van der Waals surface area contributed by atoms with Crippen molar-refractivity contribution in [2.24, 2.45) is 0 Å². The van der Waals surface area contributed by atoms with Crippen LogP contribution in [-0.4, -0.2) is 12.7 Å². The topological polar surface area (TPSA) is 12.5 Å². The largest absolute Gasteiger partial charge is 0.373 e. The van der Waals surface area contributed by atoms with Crippen molar-refractivity contribution in [3.8, 4) is 0 Å². The number of benzene rings is 1. The normalized spacial score (nSPS) is 21.7. The van der Waals surface area contributed by atoms with Gasteiger partial charge in [0.15, 0.2) is 0 Å². The highest BCUT2D eigenvalue weighted by Crippen LogP contribution is 2.17. The van der Waals surface area contributed by atoms with Crippen LogP contribution in [0.1, 0.15) is 5.56 Å². The molecule has 0 N–H and O–H groups in total. The van der Waals surface area contributed by atoms with Crippen LogP contribution >= 0.6 is 11.6 Å². The highest BCUT2D eigenvalue weighted by atomic mass is 35.5. The van der Waals surface area contributed by atoms with Crippen molar-refractivity contribution in [2.45, 2.75) is 12.5 Å². The van der Waals surface area contributed by atoms with Crippen LogP contribution in [0, 0.1) is 0 Å². The minimum absolute atomic E-state index is 0.469. The molecule has 1 unspecified atom stereocenters. The van der Waals surface area contributed by atoms with E-state index in [4.69, 9.17) is 16.3 Å². The average Bonchev–Trinajstić information content (AvgIpc) is 2.78. The van der Waals surface area contributed by atoms with E-state index in [1.807, 2.05) is 24.3 Å². The second-order valence-electron chi connectivity index (χ2n) is 2.79. The second-order valence-corrected chi connectivity index (χ2v) is 3.22. The van der Waals surface area contributed by atoms with Crippen molar-refractivity contribution >= 4 is 11.6 Å². The Morgan fingerprint density at radius 3 is 2.55 bits per heavy atom. The van der Waals surface area contributed by atoms with Gasteiger partial charge in [0.25, 0.3) is 0 Å². The molecule has 1 fully saturated rings. The van der Waals surface area contributed by atoms with Crippen LogP contribution in [0.25, 0.3) is 0 Å².